The molecule has 0 saturated carbocycles. The van der Waals surface area contributed by atoms with Gasteiger partial charge in [0.1, 0.15) is 0 Å². The Hall–Kier alpha value is -2.37. The number of carbonyl (C=O) groups is 1. The zero-order chi connectivity index (χ0) is 17.6. The highest BCUT2D eigenvalue weighted by Crippen LogP contribution is 2.30. The number of aromatic amines is 1. The number of hydrogen-bond acceptors (Lipinski definition) is 3. The summed E-state index contributed by atoms with van der Waals surface area (Å²) >= 11 is 7.58. The Bertz CT molecular complexity index is 1100. The van der Waals surface area contributed by atoms with Crippen LogP contribution in [-0.2, 0) is 4.79 Å². The molecule has 4 rings (SSSR count). The molecule has 0 radical (unpaired) electrons. The van der Waals surface area contributed by atoms with E-state index in [1.165, 1.54) is 11.3 Å². The lowest BCUT2D eigenvalue weighted by Gasteiger charge is -2.11. The van der Waals surface area contributed by atoms with E-state index in [4.69, 9.17) is 11.6 Å². The fourth-order valence-corrected chi connectivity index (χ4v) is 3.78. The summed E-state index contributed by atoms with van der Waals surface area (Å²) in [4.78, 5) is 21.2. The highest BCUT2D eigenvalue weighted by atomic mass is 35.5. The van der Waals surface area contributed by atoms with Gasteiger partial charge in [0.2, 0.25) is 5.91 Å². The molecule has 0 spiro atoms. The Labute approximate surface area is 153 Å². The van der Waals surface area contributed by atoms with E-state index in [1.54, 1.807) is 6.20 Å². The number of carbonyl (C=O) groups excluding carboxylic acids is 1. The summed E-state index contributed by atoms with van der Waals surface area (Å²) in [6, 6.07) is 11.9. The summed E-state index contributed by atoms with van der Waals surface area (Å²) in [5.41, 5.74) is 2.99. The normalized spacial score (nSPS) is 12.6. The van der Waals surface area contributed by atoms with Crippen molar-refractivity contribution in [3.05, 3.63) is 58.1 Å². The predicted molar refractivity (Wildman–Crippen MR) is 105 cm³/mol. The second kappa shape index (κ2) is 6.17. The maximum absolute atomic E-state index is 12.5. The maximum atomic E-state index is 12.5. The fraction of sp³-hybridized carbons (Fsp3) is 0.158. The highest BCUT2D eigenvalue weighted by molar-refractivity contribution is 7.15. The number of aromatic nitrogens is 2. The summed E-state index contributed by atoms with van der Waals surface area (Å²) in [7, 11) is 0. The van der Waals surface area contributed by atoms with Gasteiger partial charge in [-0.15, -0.1) is 11.3 Å². The average Bonchev–Trinajstić information content (AvgIpc) is 3.16. The lowest BCUT2D eigenvalue weighted by molar-refractivity contribution is -0.117. The number of hydrogen-bond donors (Lipinski definition) is 2. The quantitative estimate of drug-likeness (QED) is 0.502. The number of nitrogens with zero attached hydrogens (tertiary/aromatic N) is 1. The summed E-state index contributed by atoms with van der Waals surface area (Å²) in [5, 5.41) is 6.42. The van der Waals surface area contributed by atoms with Crippen molar-refractivity contribution in [2.45, 2.75) is 19.8 Å². The van der Waals surface area contributed by atoms with Gasteiger partial charge in [-0.05, 0) is 43.7 Å². The molecule has 0 fully saturated rings. The van der Waals surface area contributed by atoms with E-state index >= 15 is 0 Å². The third-order valence-electron chi connectivity index (χ3n) is 4.33. The number of nitrogens with one attached hydrogen (secondary N) is 2. The molecule has 1 atom stereocenters. The lowest BCUT2D eigenvalue weighted by Crippen LogP contribution is -2.18. The smallest absolute Gasteiger partial charge is 0.233 e. The van der Waals surface area contributed by atoms with Crippen LogP contribution < -0.4 is 5.32 Å². The van der Waals surface area contributed by atoms with Gasteiger partial charge >= 0.3 is 0 Å². The Morgan fingerprint density at radius 3 is 2.80 bits per heavy atom. The standard InChI is InChI=1S/C19H16ClN3OS/c1-10-9-21-19(25-10)23-18(24)11(2)12-3-5-14-15-8-13(20)4-6-16(15)22-17(14)7-12/h3-9,11,22H,1-2H3,(H,21,23,24)/t11-/m1/s1. The first-order valence-electron chi connectivity index (χ1n) is 7.95. The van der Waals surface area contributed by atoms with E-state index in [-0.39, 0.29) is 11.8 Å². The molecule has 4 nitrogen and oxygen atoms in total. The molecular weight excluding hydrogens is 354 g/mol. The second-order valence-corrected chi connectivity index (χ2v) is 7.78. The number of fused-ring (bicyclic) bond motifs is 3. The summed E-state index contributed by atoms with van der Waals surface area (Å²) < 4.78 is 0. The molecule has 6 heteroatoms. The fourth-order valence-electron chi connectivity index (χ4n) is 2.94. The Morgan fingerprint density at radius 1 is 1.20 bits per heavy atom. The molecule has 0 aliphatic carbocycles. The van der Waals surface area contributed by atoms with Crippen molar-refractivity contribution in [3.63, 3.8) is 0 Å². The molecule has 0 bridgehead atoms. The van der Waals surface area contributed by atoms with Gasteiger partial charge in [0.25, 0.3) is 0 Å². The number of aryl methyl sites for hydroxylation is 1. The molecule has 0 saturated heterocycles. The van der Waals surface area contributed by atoms with Gasteiger partial charge in [0, 0.05) is 37.9 Å². The third kappa shape index (κ3) is 3.01. The molecular formula is C19H16ClN3OS. The number of rotatable bonds is 3. The van der Waals surface area contributed by atoms with Gasteiger partial charge in [-0.3, -0.25) is 4.79 Å². The molecule has 2 N–H and O–H groups in total. The number of thiazole rings is 1. The van der Waals surface area contributed by atoms with Gasteiger partial charge in [-0.2, -0.15) is 0 Å². The van der Waals surface area contributed by atoms with Crippen molar-refractivity contribution in [1.29, 1.82) is 0 Å². The number of benzene rings is 2. The van der Waals surface area contributed by atoms with Crippen molar-refractivity contribution >= 4 is 55.8 Å². The minimum atomic E-state index is -0.274. The van der Waals surface area contributed by atoms with Crippen molar-refractivity contribution in [3.8, 4) is 0 Å². The summed E-state index contributed by atoms with van der Waals surface area (Å²) in [5.74, 6) is -0.337. The van der Waals surface area contributed by atoms with E-state index in [2.05, 4.69) is 15.3 Å². The Morgan fingerprint density at radius 2 is 2.04 bits per heavy atom. The SMILES string of the molecule is Cc1cnc(NC(=O)[C@H](C)c2ccc3c(c2)[nH]c2ccc(Cl)cc23)s1. The van der Waals surface area contributed by atoms with Gasteiger partial charge < -0.3 is 10.3 Å². The molecule has 0 aliphatic heterocycles. The predicted octanol–water partition coefficient (Wildman–Crippen LogP) is 5.48. The molecule has 2 heterocycles. The highest BCUT2D eigenvalue weighted by Gasteiger charge is 2.17. The van der Waals surface area contributed by atoms with Crippen LogP contribution in [0.25, 0.3) is 21.8 Å². The molecule has 1 amide bonds. The molecule has 25 heavy (non-hydrogen) atoms. The molecule has 0 unspecified atom stereocenters. The van der Waals surface area contributed by atoms with E-state index < -0.39 is 0 Å². The average molecular weight is 370 g/mol. The first-order chi connectivity index (χ1) is 12.0. The minimum absolute atomic E-state index is 0.0622. The monoisotopic (exact) mass is 369 g/mol. The van der Waals surface area contributed by atoms with E-state index in [9.17, 15) is 4.79 Å². The van der Waals surface area contributed by atoms with E-state index in [0.717, 1.165) is 32.2 Å². The van der Waals surface area contributed by atoms with Gasteiger partial charge in [0.05, 0.1) is 5.92 Å². The van der Waals surface area contributed by atoms with Crippen LogP contribution in [0.4, 0.5) is 5.13 Å². The number of anilines is 1. The molecule has 4 aromatic rings. The first kappa shape index (κ1) is 16.1. The molecule has 2 aromatic carbocycles. The van der Waals surface area contributed by atoms with Crippen LogP contribution in [0.3, 0.4) is 0 Å². The van der Waals surface area contributed by atoms with Crippen LogP contribution in [0.2, 0.25) is 5.02 Å². The first-order valence-corrected chi connectivity index (χ1v) is 9.15. The van der Waals surface area contributed by atoms with Crippen LogP contribution in [0.15, 0.2) is 42.6 Å². The molecule has 2 aromatic heterocycles. The van der Waals surface area contributed by atoms with Crippen molar-refractivity contribution in [1.82, 2.24) is 9.97 Å². The third-order valence-corrected chi connectivity index (χ3v) is 5.39. The zero-order valence-corrected chi connectivity index (χ0v) is 15.3. The Balaban J connectivity index is 1.66. The van der Waals surface area contributed by atoms with Crippen LogP contribution >= 0.6 is 22.9 Å². The lowest BCUT2D eigenvalue weighted by atomic mass is 9.99. The van der Waals surface area contributed by atoms with Crippen molar-refractivity contribution in [2.75, 3.05) is 5.32 Å². The largest absolute Gasteiger partial charge is 0.355 e. The van der Waals surface area contributed by atoms with Gasteiger partial charge in [-0.25, -0.2) is 4.98 Å². The maximum Gasteiger partial charge on any atom is 0.233 e. The number of halogens is 1. The number of amides is 1. The summed E-state index contributed by atoms with van der Waals surface area (Å²) in [6.07, 6.45) is 1.76. The van der Waals surface area contributed by atoms with E-state index in [1.807, 2.05) is 50.2 Å². The van der Waals surface area contributed by atoms with Gasteiger partial charge in [0.15, 0.2) is 5.13 Å². The minimum Gasteiger partial charge on any atom is -0.355 e. The topological polar surface area (TPSA) is 57.8 Å². The Kier molecular flexibility index (Phi) is 3.98. The van der Waals surface area contributed by atoms with Crippen LogP contribution in [0.1, 0.15) is 23.3 Å². The second-order valence-electron chi connectivity index (χ2n) is 6.11. The zero-order valence-electron chi connectivity index (χ0n) is 13.8. The van der Waals surface area contributed by atoms with Crippen LogP contribution in [0.5, 0.6) is 0 Å². The van der Waals surface area contributed by atoms with Crippen molar-refractivity contribution < 1.29 is 4.79 Å². The molecule has 126 valence electrons. The molecule has 0 aliphatic rings. The van der Waals surface area contributed by atoms with Crippen LogP contribution in [-0.4, -0.2) is 15.9 Å². The van der Waals surface area contributed by atoms with E-state index in [0.29, 0.717) is 10.2 Å². The van der Waals surface area contributed by atoms with Crippen molar-refractivity contribution in [2.24, 2.45) is 0 Å². The summed E-state index contributed by atoms with van der Waals surface area (Å²) in [6.45, 7) is 3.86. The number of H-pyrrole nitrogens is 1. The van der Waals surface area contributed by atoms with Gasteiger partial charge in [-0.1, -0.05) is 23.7 Å². The van der Waals surface area contributed by atoms with Crippen LogP contribution in [0, 0.1) is 6.92 Å².